The SMILES string of the molecule is O=C(NCCC(=O)N1CCCSCC1)c1n[nH]c2ccccc12. The van der Waals surface area contributed by atoms with Crippen LogP contribution in [0.25, 0.3) is 10.9 Å². The number of carbonyl (C=O) groups is 2. The number of rotatable bonds is 4. The Labute approximate surface area is 139 Å². The summed E-state index contributed by atoms with van der Waals surface area (Å²) in [7, 11) is 0. The molecule has 0 radical (unpaired) electrons. The molecule has 1 aromatic heterocycles. The summed E-state index contributed by atoms with van der Waals surface area (Å²) in [6.45, 7) is 1.97. The number of nitrogens with one attached hydrogen (secondary N) is 2. The molecule has 1 aromatic carbocycles. The third-order valence-electron chi connectivity index (χ3n) is 3.88. The first-order valence-corrected chi connectivity index (χ1v) is 8.98. The van der Waals surface area contributed by atoms with Crippen molar-refractivity contribution in [2.75, 3.05) is 31.1 Å². The summed E-state index contributed by atoms with van der Waals surface area (Å²) < 4.78 is 0. The van der Waals surface area contributed by atoms with Crippen molar-refractivity contribution in [3.05, 3.63) is 30.0 Å². The zero-order valence-corrected chi connectivity index (χ0v) is 13.7. The van der Waals surface area contributed by atoms with Crippen LogP contribution >= 0.6 is 11.8 Å². The largest absolute Gasteiger partial charge is 0.350 e. The van der Waals surface area contributed by atoms with Crippen LogP contribution in [0.15, 0.2) is 24.3 Å². The Balaban J connectivity index is 1.52. The zero-order valence-electron chi connectivity index (χ0n) is 12.9. The summed E-state index contributed by atoms with van der Waals surface area (Å²) in [5, 5.41) is 10.5. The van der Waals surface area contributed by atoms with Gasteiger partial charge < -0.3 is 10.2 Å². The first-order chi connectivity index (χ1) is 11.3. The van der Waals surface area contributed by atoms with Crippen molar-refractivity contribution in [2.45, 2.75) is 12.8 Å². The normalized spacial score (nSPS) is 15.4. The van der Waals surface area contributed by atoms with E-state index in [1.807, 2.05) is 40.9 Å². The number of benzene rings is 1. The fraction of sp³-hybridized carbons (Fsp3) is 0.438. The maximum absolute atomic E-state index is 12.2. The predicted molar refractivity (Wildman–Crippen MR) is 91.6 cm³/mol. The van der Waals surface area contributed by atoms with E-state index in [4.69, 9.17) is 0 Å². The Morgan fingerprint density at radius 1 is 1.26 bits per heavy atom. The lowest BCUT2D eigenvalue weighted by atomic mass is 10.2. The molecule has 1 saturated heterocycles. The smallest absolute Gasteiger partial charge is 0.272 e. The molecule has 1 fully saturated rings. The standard InChI is InChI=1S/C16H20N4O2S/c21-14(20-8-3-10-23-11-9-20)6-7-17-16(22)15-12-4-1-2-5-13(12)18-19-15/h1-2,4-5H,3,6-11H2,(H,17,22)(H,18,19). The molecule has 1 aliphatic heterocycles. The number of H-pyrrole nitrogens is 1. The molecule has 2 aromatic rings. The van der Waals surface area contributed by atoms with E-state index in [-0.39, 0.29) is 11.8 Å². The lowest BCUT2D eigenvalue weighted by molar-refractivity contribution is -0.130. The molecule has 23 heavy (non-hydrogen) atoms. The molecule has 0 unspecified atom stereocenters. The highest BCUT2D eigenvalue weighted by molar-refractivity contribution is 7.99. The van der Waals surface area contributed by atoms with Crippen LogP contribution in [0.3, 0.4) is 0 Å². The van der Waals surface area contributed by atoms with Crippen LogP contribution < -0.4 is 5.32 Å². The highest BCUT2D eigenvalue weighted by Crippen LogP contribution is 2.15. The monoisotopic (exact) mass is 332 g/mol. The molecular formula is C16H20N4O2S. The molecule has 0 atom stereocenters. The van der Waals surface area contributed by atoms with Gasteiger partial charge in [0.1, 0.15) is 0 Å². The lowest BCUT2D eigenvalue weighted by Gasteiger charge is -2.19. The minimum Gasteiger partial charge on any atom is -0.350 e. The summed E-state index contributed by atoms with van der Waals surface area (Å²) in [6.07, 6.45) is 1.38. The van der Waals surface area contributed by atoms with Gasteiger partial charge in [-0.15, -0.1) is 0 Å². The van der Waals surface area contributed by atoms with Gasteiger partial charge in [-0.05, 0) is 18.2 Å². The average molecular weight is 332 g/mol. The van der Waals surface area contributed by atoms with Gasteiger partial charge in [-0.25, -0.2) is 0 Å². The van der Waals surface area contributed by atoms with E-state index in [0.717, 1.165) is 41.9 Å². The van der Waals surface area contributed by atoms with Crippen molar-refractivity contribution in [1.82, 2.24) is 20.4 Å². The van der Waals surface area contributed by atoms with Crippen molar-refractivity contribution in [3.63, 3.8) is 0 Å². The van der Waals surface area contributed by atoms with Crippen molar-refractivity contribution < 1.29 is 9.59 Å². The van der Waals surface area contributed by atoms with Crippen LogP contribution in [-0.2, 0) is 4.79 Å². The van der Waals surface area contributed by atoms with Crippen molar-refractivity contribution >= 4 is 34.5 Å². The molecule has 122 valence electrons. The number of fused-ring (bicyclic) bond motifs is 1. The molecule has 2 heterocycles. The van der Waals surface area contributed by atoms with Gasteiger partial charge in [-0.1, -0.05) is 18.2 Å². The molecule has 3 rings (SSSR count). The van der Waals surface area contributed by atoms with E-state index in [2.05, 4.69) is 15.5 Å². The predicted octanol–water partition coefficient (Wildman–Crippen LogP) is 1.65. The number of hydrogen-bond acceptors (Lipinski definition) is 4. The van der Waals surface area contributed by atoms with Gasteiger partial charge in [0.2, 0.25) is 5.91 Å². The zero-order chi connectivity index (χ0) is 16.1. The average Bonchev–Trinajstić information content (AvgIpc) is 2.80. The van der Waals surface area contributed by atoms with Crippen molar-refractivity contribution in [2.24, 2.45) is 0 Å². The molecule has 6 nitrogen and oxygen atoms in total. The third-order valence-corrected chi connectivity index (χ3v) is 4.93. The second-order valence-electron chi connectivity index (χ2n) is 5.47. The first kappa shape index (κ1) is 15.9. The van der Waals surface area contributed by atoms with E-state index in [1.54, 1.807) is 0 Å². The molecule has 1 aliphatic rings. The van der Waals surface area contributed by atoms with Crippen LogP contribution in [-0.4, -0.2) is 58.1 Å². The van der Waals surface area contributed by atoms with E-state index in [1.165, 1.54) is 0 Å². The van der Waals surface area contributed by atoms with Crippen LogP contribution in [0.1, 0.15) is 23.3 Å². The minimum atomic E-state index is -0.248. The Bertz CT molecular complexity index is 692. The van der Waals surface area contributed by atoms with Gasteiger partial charge in [-0.3, -0.25) is 14.7 Å². The number of aromatic amines is 1. The highest BCUT2D eigenvalue weighted by Gasteiger charge is 2.17. The van der Waals surface area contributed by atoms with Gasteiger partial charge in [0, 0.05) is 37.2 Å². The molecule has 0 bridgehead atoms. The first-order valence-electron chi connectivity index (χ1n) is 7.82. The second kappa shape index (κ2) is 7.50. The Morgan fingerprint density at radius 2 is 2.13 bits per heavy atom. The van der Waals surface area contributed by atoms with Crippen molar-refractivity contribution in [3.8, 4) is 0 Å². The van der Waals surface area contributed by atoms with E-state index in [9.17, 15) is 9.59 Å². The van der Waals surface area contributed by atoms with Crippen molar-refractivity contribution in [1.29, 1.82) is 0 Å². The number of hydrogen-bond donors (Lipinski definition) is 2. The summed E-state index contributed by atoms with van der Waals surface area (Å²) in [4.78, 5) is 26.3. The van der Waals surface area contributed by atoms with Crippen LogP contribution in [0.5, 0.6) is 0 Å². The number of carbonyl (C=O) groups excluding carboxylic acids is 2. The fourth-order valence-corrected chi connectivity index (χ4v) is 3.54. The summed E-state index contributed by atoms with van der Waals surface area (Å²) in [5.74, 6) is 1.98. The van der Waals surface area contributed by atoms with Gasteiger partial charge >= 0.3 is 0 Å². The minimum absolute atomic E-state index is 0.111. The van der Waals surface area contributed by atoms with Gasteiger partial charge in [0.25, 0.3) is 5.91 Å². The van der Waals surface area contributed by atoms with E-state index >= 15 is 0 Å². The molecule has 2 amide bonds. The lowest BCUT2D eigenvalue weighted by Crippen LogP contribution is -2.36. The summed E-state index contributed by atoms with van der Waals surface area (Å²) in [5.41, 5.74) is 1.20. The Morgan fingerprint density at radius 3 is 3.04 bits per heavy atom. The summed E-state index contributed by atoms with van der Waals surface area (Å²) >= 11 is 1.89. The molecule has 0 spiro atoms. The molecule has 7 heteroatoms. The van der Waals surface area contributed by atoms with Gasteiger partial charge in [-0.2, -0.15) is 16.9 Å². The third kappa shape index (κ3) is 3.85. The number of nitrogens with zero attached hydrogens (tertiary/aromatic N) is 2. The Hall–Kier alpha value is -2.02. The Kier molecular flexibility index (Phi) is 5.17. The van der Waals surface area contributed by atoms with Crippen LogP contribution in [0, 0.1) is 0 Å². The van der Waals surface area contributed by atoms with Crippen LogP contribution in [0.4, 0.5) is 0 Å². The molecular weight excluding hydrogens is 312 g/mol. The van der Waals surface area contributed by atoms with Gasteiger partial charge in [0.15, 0.2) is 5.69 Å². The van der Waals surface area contributed by atoms with E-state index < -0.39 is 0 Å². The van der Waals surface area contributed by atoms with E-state index in [0.29, 0.717) is 18.7 Å². The maximum Gasteiger partial charge on any atom is 0.272 e. The highest BCUT2D eigenvalue weighted by atomic mass is 32.2. The second-order valence-corrected chi connectivity index (χ2v) is 6.70. The quantitative estimate of drug-likeness (QED) is 0.892. The number of amides is 2. The molecule has 0 saturated carbocycles. The molecule has 2 N–H and O–H groups in total. The topological polar surface area (TPSA) is 78.1 Å². The van der Waals surface area contributed by atoms with Crippen LogP contribution in [0.2, 0.25) is 0 Å². The molecule has 0 aliphatic carbocycles. The maximum atomic E-state index is 12.2. The number of para-hydroxylation sites is 1. The summed E-state index contributed by atoms with van der Waals surface area (Å²) in [6, 6.07) is 7.49. The van der Waals surface area contributed by atoms with Gasteiger partial charge in [0.05, 0.1) is 5.52 Å². The number of thioether (sulfide) groups is 1. The number of aromatic nitrogens is 2. The fourth-order valence-electron chi connectivity index (χ4n) is 2.66.